The molecule has 3 fully saturated rings. The molecule has 0 bridgehead atoms. The molecule has 8 nitrogen and oxygen atoms in total. The van der Waals surface area contributed by atoms with Gasteiger partial charge in [0.25, 0.3) is 0 Å². The summed E-state index contributed by atoms with van der Waals surface area (Å²) >= 11 is 0. The zero-order valence-corrected chi connectivity index (χ0v) is 21.0. The van der Waals surface area contributed by atoms with Crippen molar-refractivity contribution in [3.63, 3.8) is 0 Å². The Hall–Kier alpha value is -2.16. The summed E-state index contributed by atoms with van der Waals surface area (Å²) in [4.78, 5) is 34.1. The lowest BCUT2D eigenvalue weighted by molar-refractivity contribution is -0.136. The third-order valence-electron chi connectivity index (χ3n) is 7.25. The number of anilines is 2. The fourth-order valence-electron chi connectivity index (χ4n) is 5.40. The Morgan fingerprint density at radius 1 is 0.882 bits per heavy atom. The van der Waals surface area contributed by atoms with E-state index in [0.717, 1.165) is 70.0 Å². The molecule has 3 atom stereocenters. The lowest BCUT2D eigenvalue weighted by Crippen LogP contribution is -2.53. The van der Waals surface area contributed by atoms with Crippen molar-refractivity contribution in [2.75, 3.05) is 69.1 Å². The standard InChI is InChI=1S/C26H41N5O3/c1-20-6-4-5-11-31(20)26(33)19-29-14-12-28(13-15-29)18-25(32)27-23-7-9-24(10-8-23)30-16-21(2)34-22(3)17-30/h7-10,20-22H,4-6,11-19H2,1-3H3,(H,27,32). The van der Waals surface area contributed by atoms with Crippen LogP contribution in [0.4, 0.5) is 11.4 Å². The topological polar surface area (TPSA) is 68.4 Å². The summed E-state index contributed by atoms with van der Waals surface area (Å²) in [5, 5.41) is 3.03. The molecule has 0 aliphatic carbocycles. The second-order valence-electron chi connectivity index (χ2n) is 10.2. The van der Waals surface area contributed by atoms with Crippen molar-refractivity contribution in [1.82, 2.24) is 14.7 Å². The number of likely N-dealkylation sites (tertiary alicyclic amines) is 1. The van der Waals surface area contributed by atoms with E-state index in [9.17, 15) is 9.59 Å². The summed E-state index contributed by atoms with van der Waals surface area (Å²) in [7, 11) is 0. The number of amides is 2. The first-order valence-electron chi connectivity index (χ1n) is 12.9. The van der Waals surface area contributed by atoms with Gasteiger partial charge in [-0.3, -0.25) is 19.4 Å². The Morgan fingerprint density at radius 3 is 2.12 bits per heavy atom. The molecule has 3 heterocycles. The molecule has 3 saturated heterocycles. The SMILES string of the molecule is CC1CN(c2ccc(NC(=O)CN3CCN(CC(=O)N4CCCCC4C)CC3)cc2)CC(C)O1. The quantitative estimate of drug-likeness (QED) is 0.687. The maximum Gasteiger partial charge on any atom is 0.238 e. The smallest absolute Gasteiger partial charge is 0.238 e. The number of morpholine rings is 1. The first-order chi connectivity index (χ1) is 16.4. The zero-order valence-electron chi connectivity index (χ0n) is 21.0. The van der Waals surface area contributed by atoms with Crippen LogP contribution in [0.5, 0.6) is 0 Å². The summed E-state index contributed by atoms with van der Waals surface area (Å²) in [6.07, 6.45) is 3.89. The van der Waals surface area contributed by atoms with Gasteiger partial charge in [-0.1, -0.05) is 0 Å². The predicted octanol–water partition coefficient (Wildman–Crippen LogP) is 2.26. The van der Waals surface area contributed by atoms with E-state index in [1.165, 1.54) is 6.42 Å². The Labute approximate surface area is 204 Å². The van der Waals surface area contributed by atoms with Gasteiger partial charge in [0.05, 0.1) is 25.3 Å². The van der Waals surface area contributed by atoms with Crippen molar-refractivity contribution < 1.29 is 14.3 Å². The number of rotatable bonds is 6. The lowest BCUT2D eigenvalue weighted by atomic mass is 10.0. The first-order valence-corrected chi connectivity index (χ1v) is 12.9. The number of carbonyl (C=O) groups excluding carboxylic acids is 2. The maximum absolute atomic E-state index is 12.7. The second kappa shape index (κ2) is 11.5. The number of nitrogens with zero attached hydrogens (tertiary/aromatic N) is 4. The van der Waals surface area contributed by atoms with Crippen LogP contribution in [-0.2, 0) is 14.3 Å². The number of piperazine rings is 1. The molecule has 3 unspecified atom stereocenters. The Bertz CT molecular complexity index is 814. The van der Waals surface area contributed by atoms with Crippen molar-refractivity contribution in [3.05, 3.63) is 24.3 Å². The van der Waals surface area contributed by atoms with E-state index in [1.54, 1.807) is 0 Å². The van der Waals surface area contributed by atoms with Gasteiger partial charge in [0.15, 0.2) is 0 Å². The summed E-state index contributed by atoms with van der Waals surface area (Å²) in [6, 6.07) is 8.45. The highest BCUT2D eigenvalue weighted by molar-refractivity contribution is 5.92. The Balaban J connectivity index is 1.18. The first kappa shape index (κ1) is 24.9. The number of hydrogen-bond donors (Lipinski definition) is 1. The van der Waals surface area contributed by atoms with Gasteiger partial charge in [-0.25, -0.2) is 0 Å². The largest absolute Gasteiger partial charge is 0.372 e. The summed E-state index contributed by atoms with van der Waals surface area (Å²) < 4.78 is 5.82. The number of carbonyl (C=O) groups is 2. The van der Waals surface area contributed by atoms with E-state index in [2.05, 4.69) is 57.8 Å². The predicted molar refractivity (Wildman–Crippen MR) is 135 cm³/mol. The molecule has 3 aliphatic heterocycles. The average Bonchev–Trinajstić information content (AvgIpc) is 2.80. The van der Waals surface area contributed by atoms with Crippen LogP contribution in [0, 0.1) is 0 Å². The third kappa shape index (κ3) is 6.71. The van der Waals surface area contributed by atoms with Gasteiger partial charge >= 0.3 is 0 Å². The number of hydrogen-bond acceptors (Lipinski definition) is 6. The number of piperidine rings is 1. The minimum atomic E-state index is 0.00744. The van der Waals surface area contributed by atoms with Gasteiger partial charge in [-0.15, -0.1) is 0 Å². The molecule has 1 N–H and O–H groups in total. The van der Waals surface area contributed by atoms with Crippen molar-refractivity contribution in [2.45, 2.75) is 58.3 Å². The summed E-state index contributed by atoms with van der Waals surface area (Å²) in [5.74, 6) is 0.260. The summed E-state index contributed by atoms with van der Waals surface area (Å²) in [5.41, 5.74) is 1.98. The fourth-order valence-corrected chi connectivity index (χ4v) is 5.40. The van der Waals surface area contributed by atoms with Crippen molar-refractivity contribution in [1.29, 1.82) is 0 Å². The molecule has 0 radical (unpaired) electrons. The molecule has 4 rings (SSSR count). The molecule has 1 aromatic rings. The van der Waals surface area contributed by atoms with Crippen LogP contribution in [0.1, 0.15) is 40.0 Å². The zero-order chi connectivity index (χ0) is 24.1. The molecular formula is C26H41N5O3. The van der Waals surface area contributed by atoms with Crippen LogP contribution in [-0.4, -0.2) is 104 Å². The highest BCUT2D eigenvalue weighted by atomic mass is 16.5. The number of nitrogens with one attached hydrogen (secondary N) is 1. The van der Waals surface area contributed by atoms with Crippen LogP contribution >= 0.6 is 0 Å². The van der Waals surface area contributed by atoms with E-state index in [0.29, 0.717) is 19.1 Å². The molecule has 2 amide bonds. The van der Waals surface area contributed by atoms with Gasteiger partial charge in [0.1, 0.15) is 0 Å². The summed E-state index contributed by atoms with van der Waals surface area (Å²) in [6.45, 7) is 13.2. The molecule has 0 aromatic heterocycles. The molecule has 1 aromatic carbocycles. The van der Waals surface area contributed by atoms with Crippen LogP contribution in [0.2, 0.25) is 0 Å². The van der Waals surface area contributed by atoms with Crippen LogP contribution in [0.15, 0.2) is 24.3 Å². The van der Waals surface area contributed by atoms with Crippen molar-refractivity contribution in [3.8, 4) is 0 Å². The van der Waals surface area contributed by atoms with Gasteiger partial charge < -0.3 is 19.9 Å². The maximum atomic E-state index is 12.7. The minimum Gasteiger partial charge on any atom is -0.372 e. The van der Waals surface area contributed by atoms with Gasteiger partial charge in [-0.05, 0) is 64.3 Å². The Morgan fingerprint density at radius 2 is 1.50 bits per heavy atom. The van der Waals surface area contributed by atoms with Gasteiger partial charge in [0.2, 0.25) is 11.8 Å². The van der Waals surface area contributed by atoms with Gasteiger partial charge in [0, 0.05) is 63.2 Å². The minimum absolute atomic E-state index is 0.00744. The highest BCUT2D eigenvalue weighted by Gasteiger charge is 2.27. The highest BCUT2D eigenvalue weighted by Crippen LogP contribution is 2.22. The molecular weight excluding hydrogens is 430 g/mol. The van der Waals surface area contributed by atoms with Crippen molar-refractivity contribution >= 4 is 23.2 Å². The molecule has 0 saturated carbocycles. The van der Waals surface area contributed by atoms with E-state index in [1.807, 2.05) is 12.1 Å². The Kier molecular flexibility index (Phi) is 8.45. The molecule has 3 aliphatic rings. The van der Waals surface area contributed by atoms with E-state index < -0.39 is 0 Å². The molecule has 0 spiro atoms. The van der Waals surface area contributed by atoms with Gasteiger partial charge in [-0.2, -0.15) is 0 Å². The van der Waals surface area contributed by atoms with E-state index >= 15 is 0 Å². The van der Waals surface area contributed by atoms with Crippen LogP contribution in [0.3, 0.4) is 0 Å². The third-order valence-corrected chi connectivity index (χ3v) is 7.25. The van der Waals surface area contributed by atoms with E-state index in [-0.39, 0.29) is 24.0 Å². The van der Waals surface area contributed by atoms with Crippen molar-refractivity contribution in [2.24, 2.45) is 0 Å². The normalized spacial score (nSPS) is 27.0. The van der Waals surface area contributed by atoms with Crippen LogP contribution < -0.4 is 10.2 Å². The van der Waals surface area contributed by atoms with E-state index in [4.69, 9.17) is 4.74 Å². The monoisotopic (exact) mass is 471 g/mol. The fraction of sp³-hybridized carbons (Fsp3) is 0.692. The number of ether oxygens (including phenoxy) is 1. The number of benzene rings is 1. The molecule has 34 heavy (non-hydrogen) atoms. The molecule has 8 heteroatoms. The average molecular weight is 472 g/mol. The van der Waals surface area contributed by atoms with Crippen LogP contribution in [0.25, 0.3) is 0 Å². The second-order valence-corrected chi connectivity index (χ2v) is 10.2. The lowest BCUT2D eigenvalue weighted by Gasteiger charge is -2.37. The molecule has 188 valence electrons.